The molecular formula is C30H53NO7. The molecule has 0 aromatic rings. The summed E-state index contributed by atoms with van der Waals surface area (Å²) in [7, 11) is 1.72. The van der Waals surface area contributed by atoms with Crippen LogP contribution in [0.15, 0.2) is 23.8 Å². The monoisotopic (exact) mass is 539 g/mol. The van der Waals surface area contributed by atoms with E-state index in [0.717, 1.165) is 18.4 Å². The predicted octanol–water partition coefficient (Wildman–Crippen LogP) is 6.24. The predicted molar refractivity (Wildman–Crippen MR) is 150 cm³/mol. The lowest BCUT2D eigenvalue weighted by atomic mass is 9.85. The molecule has 1 aliphatic rings. The Labute approximate surface area is 230 Å². The van der Waals surface area contributed by atoms with Crippen molar-refractivity contribution in [2.45, 2.75) is 124 Å². The molecule has 8 nitrogen and oxygen atoms in total. The van der Waals surface area contributed by atoms with Gasteiger partial charge in [-0.15, -0.1) is 0 Å². The Hall–Kier alpha value is -1.90. The second-order valence-electron chi connectivity index (χ2n) is 11.2. The molecular weight excluding hydrogens is 486 g/mol. The largest absolute Gasteiger partial charge is 0.481 e. The third-order valence-corrected chi connectivity index (χ3v) is 7.37. The highest BCUT2D eigenvalue weighted by atomic mass is 16.6. The fraction of sp³-hybridized carbons (Fsp3) is 0.800. The molecule has 0 aromatic heterocycles. The first-order valence-electron chi connectivity index (χ1n) is 14.2. The van der Waals surface area contributed by atoms with Gasteiger partial charge in [0.2, 0.25) is 0 Å². The number of aliphatic carboxylic acids is 1. The van der Waals surface area contributed by atoms with Gasteiger partial charge in [-0.2, -0.15) is 0 Å². The Morgan fingerprint density at radius 2 is 1.82 bits per heavy atom. The summed E-state index contributed by atoms with van der Waals surface area (Å²) in [6, 6.07) is 0. The maximum atomic E-state index is 12.6. The zero-order valence-electron chi connectivity index (χ0n) is 25.4. The van der Waals surface area contributed by atoms with Crippen molar-refractivity contribution in [3.63, 3.8) is 0 Å². The molecule has 220 valence electrons. The van der Waals surface area contributed by atoms with Crippen LogP contribution >= 0.6 is 0 Å². The fourth-order valence-electron chi connectivity index (χ4n) is 5.40. The zero-order chi connectivity index (χ0) is 29.0. The third kappa shape index (κ3) is 11.1. The number of rotatable bonds is 15. The van der Waals surface area contributed by atoms with Gasteiger partial charge in [-0.1, -0.05) is 39.0 Å². The number of hydrogen-bond acceptors (Lipinski definition) is 6. The van der Waals surface area contributed by atoms with Crippen molar-refractivity contribution in [3.8, 4) is 0 Å². The molecule has 1 N–H and O–H groups in total. The molecule has 1 rings (SSSR count). The molecule has 1 heterocycles. The SMILES string of the molecule is CC[C@H](OC)[C@@H](C)OC(C)(C)C[C@H](C)/C=C/C=C(\C)[C@H]1O[C@@H](CC(=O)O)C[C@@H](OC(=O)N(CC)CC)[C@@H]1C. The first kappa shape index (κ1) is 34.1. The number of amides is 1. The van der Waals surface area contributed by atoms with Crippen LogP contribution in [0.2, 0.25) is 0 Å². The van der Waals surface area contributed by atoms with E-state index >= 15 is 0 Å². The molecule has 0 radical (unpaired) electrons. The average molecular weight is 540 g/mol. The maximum absolute atomic E-state index is 12.6. The summed E-state index contributed by atoms with van der Waals surface area (Å²) in [5.41, 5.74) is 0.663. The highest BCUT2D eigenvalue weighted by molar-refractivity contribution is 5.68. The van der Waals surface area contributed by atoms with Crippen LogP contribution in [0, 0.1) is 11.8 Å². The highest BCUT2D eigenvalue weighted by Gasteiger charge is 2.40. The summed E-state index contributed by atoms with van der Waals surface area (Å²) in [6.07, 6.45) is 6.60. The standard InChI is InChI=1S/C30H53NO7/c1-11-25(35-10)23(7)38-30(8,9)19-20(4)15-14-16-21(5)28-22(6)26(17-24(36-28)18-27(32)33)37-29(34)31(12-2)13-3/h14-16,20,22-26,28H,11-13,17-19H2,1-10H3,(H,32,33)/b15-14+,21-16+/t20-,22+,23-,24-,25+,26-,28-/m1/s1. The summed E-state index contributed by atoms with van der Waals surface area (Å²) < 4.78 is 23.9. The number of methoxy groups -OCH3 is 1. The number of carbonyl (C=O) groups excluding carboxylic acids is 1. The highest BCUT2D eigenvalue weighted by Crippen LogP contribution is 2.33. The van der Waals surface area contributed by atoms with Crippen molar-refractivity contribution in [3.05, 3.63) is 23.8 Å². The molecule has 0 unspecified atom stereocenters. The molecule has 7 atom stereocenters. The van der Waals surface area contributed by atoms with Crippen molar-refractivity contribution in [1.29, 1.82) is 0 Å². The summed E-state index contributed by atoms with van der Waals surface area (Å²) >= 11 is 0. The number of hydrogen-bond donors (Lipinski definition) is 1. The lowest BCUT2D eigenvalue weighted by Crippen LogP contribution is -2.47. The van der Waals surface area contributed by atoms with Gasteiger partial charge in [0.15, 0.2) is 0 Å². The molecule has 8 heteroatoms. The van der Waals surface area contributed by atoms with Gasteiger partial charge >= 0.3 is 12.1 Å². The normalized spacial score (nSPS) is 25.2. The Morgan fingerprint density at radius 1 is 1.18 bits per heavy atom. The number of allylic oxidation sites excluding steroid dienone is 3. The van der Waals surface area contributed by atoms with Gasteiger partial charge in [-0.05, 0) is 65.9 Å². The minimum atomic E-state index is -0.928. The lowest BCUT2D eigenvalue weighted by Gasteiger charge is -2.40. The van der Waals surface area contributed by atoms with Crippen molar-refractivity contribution >= 4 is 12.1 Å². The van der Waals surface area contributed by atoms with Gasteiger partial charge in [0.25, 0.3) is 0 Å². The van der Waals surface area contributed by atoms with Crippen molar-refractivity contribution in [1.82, 2.24) is 4.90 Å². The van der Waals surface area contributed by atoms with E-state index in [1.54, 1.807) is 12.0 Å². The van der Waals surface area contributed by atoms with E-state index < -0.39 is 18.2 Å². The van der Waals surface area contributed by atoms with E-state index in [2.05, 4.69) is 40.7 Å². The van der Waals surface area contributed by atoms with Gasteiger partial charge in [0, 0.05) is 32.5 Å². The first-order chi connectivity index (χ1) is 17.8. The Bertz CT molecular complexity index is 785. The molecule has 0 aromatic carbocycles. The van der Waals surface area contributed by atoms with E-state index in [1.165, 1.54) is 0 Å². The van der Waals surface area contributed by atoms with E-state index in [4.69, 9.17) is 18.9 Å². The molecule has 1 aliphatic heterocycles. The van der Waals surface area contributed by atoms with E-state index in [9.17, 15) is 14.7 Å². The third-order valence-electron chi connectivity index (χ3n) is 7.37. The molecule has 0 aliphatic carbocycles. The van der Waals surface area contributed by atoms with Gasteiger partial charge in [-0.3, -0.25) is 4.79 Å². The average Bonchev–Trinajstić information content (AvgIpc) is 2.81. The second kappa shape index (κ2) is 16.3. The number of nitrogens with zero attached hydrogens (tertiary/aromatic N) is 1. The fourth-order valence-corrected chi connectivity index (χ4v) is 5.40. The molecule has 1 fully saturated rings. The smallest absolute Gasteiger partial charge is 0.410 e. The Balaban J connectivity index is 2.92. The second-order valence-corrected chi connectivity index (χ2v) is 11.2. The van der Waals surface area contributed by atoms with E-state index in [1.807, 2.05) is 39.8 Å². The molecule has 1 amide bonds. The van der Waals surface area contributed by atoms with E-state index in [-0.39, 0.29) is 48.3 Å². The summed E-state index contributed by atoms with van der Waals surface area (Å²) in [6.45, 7) is 19.4. The van der Waals surface area contributed by atoms with Gasteiger partial charge < -0.3 is 29.0 Å². The number of ether oxygens (including phenoxy) is 4. The van der Waals surface area contributed by atoms with Crippen molar-refractivity contribution in [2.75, 3.05) is 20.2 Å². The van der Waals surface area contributed by atoms with Gasteiger partial charge in [0.1, 0.15) is 6.10 Å². The van der Waals surface area contributed by atoms with Crippen LogP contribution < -0.4 is 0 Å². The van der Waals surface area contributed by atoms with Crippen LogP contribution in [0.25, 0.3) is 0 Å². The molecule has 1 saturated heterocycles. The molecule has 38 heavy (non-hydrogen) atoms. The Kier molecular flexibility index (Phi) is 14.6. The van der Waals surface area contributed by atoms with Crippen LogP contribution in [0.5, 0.6) is 0 Å². The van der Waals surface area contributed by atoms with Crippen LogP contribution in [-0.2, 0) is 23.7 Å². The maximum Gasteiger partial charge on any atom is 0.410 e. The van der Waals surface area contributed by atoms with Crippen LogP contribution in [0.1, 0.15) is 88.0 Å². The minimum Gasteiger partial charge on any atom is -0.481 e. The van der Waals surface area contributed by atoms with Crippen molar-refractivity contribution in [2.24, 2.45) is 11.8 Å². The van der Waals surface area contributed by atoms with Crippen LogP contribution in [-0.4, -0.2) is 78.4 Å². The zero-order valence-corrected chi connectivity index (χ0v) is 25.4. The minimum absolute atomic E-state index is 0.00536. The first-order valence-corrected chi connectivity index (χ1v) is 14.2. The van der Waals surface area contributed by atoms with Gasteiger partial charge in [0.05, 0.1) is 36.4 Å². The van der Waals surface area contributed by atoms with Crippen molar-refractivity contribution < 1.29 is 33.6 Å². The van der Waals surface area contributed by atoms with Crippen LogP contribution in [0.3, 0.4) is 0 Å². The van der Waals surface area contributed by atoms with Gasteiger partial charge in [-0.25, -0.2) is 4.79 Å². The lowest BCUT2D eigenvalue weighted by molar-refractivity contribution is -0.151. The summed E-state index contributed by atoms with van der Waals surface area (Å²) in [4.78, 5) is 25.7. The quantitative estimate of drug-likeness (QED) is 0.246. The molecule has 0 saturated carbocycles. The van der Waals surface area contributed by atoms with E-state index in [0.29, 0.717) is 19.5 Å². The molecule has 0 bridgehead atoms. The Morgan fingerprint density at radius 3 is 2.34 bits per heavy atom. The number of carboxylic acid groups (broad SMARTS) is 1. The number of carbonyl (C=O) groups is 2. The summed E-state index contributed by atoms with van der Waals surface area (Å²) in [5.74, 6) is -0.763. The molecule has 0 spiro atoms. The summed E-state index contributed by atoms with van der Waals surface area (Å²) in [5, 5.41) is 9.36. The number of carboxylic acids is 1. The van der Waals surface area contributed by atoms with Crippen LogP contribution in [0.4, 0.5) is 4.79 Å². The topological polar surface area (TPSA) is 94.5 Å².